The number of carbonyl (C=O) groups is 2. The zero-order chi connectivity index (χ0) is 23.4. The summed E-state index contributed by atoms with van der Waals surface area (Å²) in [6.07, 6.45) is 0. The van der Waals surface area contributed by atoms with Crippen molar-refractivity contribution < 1.29 is 9.59 Å². The summed E-state index contributed by atoms with van der Waals surface area (Å²) in [6.45, 7) is 3.98. The van der Waals surface area contributed by atoms with Gasteiger partial charge in [0.1, 0.15) is 0 Å². The van der Waals surface area contributed by atoms with E-state index in [0.717, 1.165) is 22.3 Å². The zero-order valence-electron chi connectivity index (χ0n) is 18.9. The van der Waals surface area contributed by atoms with Gasteiger partial charge in [0.15, 0.2) is 17.2 Å². The molecule has 0 bridgehead atoms. The van der Waals surface area contributed by atoms with Crippen LogP contribution in [0.15, 0.2) is 102 Å². The molecule has 2 aliphatic rings. The SMILES string of the molecule is Cc1ccc2c(c1)C(=O)[C@]1(c3ccccc3)c3cc(C)ccc3N=C(C(=O)c3ccccc3)N21. The molecule has 2 aliphatic heterocycles. The number of hydrogen-bond donors (Lipinski definition) is 0. The summed E-state index contributed by atoms with van der Waals surface area (Å²) in [7, 11) is 0. The van der Waals surface area contributed by atoms with E-state index in [4.69, 9.17) is 4.99 Å². The van der Waals surface area contributed by atoms with E-state index in [1.165, 1.54) is 0 Å². The lowest BCUT2D eigenvalue weighted by molar-refractivity contribution is 0.0931. The lowest BCUT2D eigenvalue weighted by atomic mass is 9.76. The Hall–Kier alpha value is -4.31. The van der Waals surface area contributed by atoms with Crippen molar-refractivity contribution in [2.75, 3.05) is 4.90 Å². The fourth-order valence-electron chi connectivity index (χ4n) is 5.19. The van der Waals surface area contributed by atoms with Gasteiger partial charge in [-0.3, -0.25) is 9.59 Å². The third-order valence-electron chi connectivity index (χ3n) is 6.71. The standard InChI is InChI=1S/C30H22N2O2/c1-19-14-16-26-23(17-19)28(34)30(22-11-7-4-8-12-22)24-18-20(2)13-15-25(24)31-29(32(26)30)27(33)21-9-5-3-6-10-21/h3-18H,1-2H3/t30-/m0/s1. The second-order valence-electron chi connectivity index (χ2n) is 8.91. The van der Waals surface area contributed by atoms with Gasteiger partial charge < -0.3 is 4.90 Å². The average Bonchev–Trinajstić information content (AvgIpc) is 3.13. The number of aliphatic imine (C=N–C) groups is 1. The predicted molar refractivity (Wildman–Crippen MR) is 134 cm³/mol. The van der Waals surface area contributed by atoms with Crippen LogP contribution in [0.2, 0.25) is 0 Å². The van der Waals surface area contributed by atoms with Crippen molar-refractivity contribution >= 4 is 28.8 Å². The molecule has 2 heterocycles. The third-order valence-corrected chi connectivity index (χ3v) is 6.71. The lowest BCUT2D eigenvalue weighted by Gasteiger charge is -2.43. The molecule has 0 spiro atoms. The minimum Gasteiger partial charge on any atom is -0.300 e. The molecule has 4 aromatic carbocycles. The number of rotatable bonds is 3. The van der Waals surface area contributed by atoms with Crippen LogP contribution in [0, 0.1) is 13.8 Å². The summed E-state index contributed by atoms with van der Waals surface area (Å²) in [5.74, 6) is -0.00627. The number of aryl methyl sites for hydroxylation is 2. The van der Waals surface area contributed by atoms with E-state index in [0.29, 0.717) is 22.5 Å². The maximum Gasteiger partial charge on any atom is 0.228 e. The number of benzene rings is 4. The number of nitrogens with zero attached hydrogens (tertiary/aromatic N) is 2. The Labute approximate surface area is 198 Å². The Morgan fingerprint density at radius 1 is 0.794 bits per heavy atom. The first kappa shape index (κ1) is 20.3. The fraction of sp³-hybridized carbons (Fsp3) is 0.100. The van der Waals surface area contributed by atoms with E-state index in [9.17, 15) is 9.59 Å². The second kappa shape index (κ2) is 7.35. The van der Waals surface area contributed by atoms with Crippen molar-refractivity contribution in [1.82, 2.24) is 0 Å². The van der Waals surface area contributed by atoms with Gasteiger partial charge in [0.2, 0.25) is 5.78 Å². The van der Waals surface area contributed by atoms with Crippen LogP contribution in [0.3, 0.4) is 0 Å². The largest absolute Gasteiger partial charge is 0.300 e. The van der Waals surface area contributed by atoms with Crippen molar-refractivity contribution in [3.05, 3.63) is 130 Å². The summed E-state index contributed by atoms with van der Waals surface area (Å²) in [6, 6.07) is 30.6. The van der Waals surface area contributed by atoms with E-state index >= 15 is 0 Å². The van der Waals surface area contributed by atoms with Gasteiger partial charge in [-0.2, -0.15) is 0 Å². The summed E-state index contributed by atoms with van der Waals surface area (Å²) in [5.41, 5.74) is 4.90. The minimum absolute atomic E-state index is 0.0440. The van der Waals surface area contributed by atoms with Crippen LogP contribution in [0.1, 0.15) is 43.0 Å². The van der Waals surface area contributed by atoms with E-state index in [1.54, 1.807) is 12.1 Å². The molecule has 0 saturated carbocycles. The van der Waals surface area contributed by atoms with Gasteiger partial charge in [-0.05, 0) is 37.6 Å². The normalized spacial score (nSPS) is 18.1. The molecular weight excluding hydrogens is 420 g/mol. The highest BCUT2D eigenvalue weighted by Gasteiger charge is 2.59. The molecule has 0 fully saturated rings. The van der Waals surface area contributed by atoms with Crippen molar-refractivity contribution in [2.24, 2.45) is 4.99 Å². The van der Waals surface area contributed by atoms with Gasteiger partial charge in [0.05, 0.1) is 11.4 Å². The molecule has 0 amide bonds. The van der Waals surface area contributed by atoms with Crippen molar-refractivity contribution in [1.29, 1.82) is 0 Å². The molecule has 0 N–H and O–H groups in total. The molecule has 0 aromatic heterocycles. The smallest absolute Gasteiger partial charge is 0.228 e. The summed E-state index contributed by atoms with van der Waals surface area (Å²) in [4.78, 5) is 35.1. The third kappa shape index (κ3) is 2.69. The summed E-state index contributed by atoms with van der Waals surface area (Å²) < 4.78 is 0. The molecule has 164 valence electrons. The van der Waals surface area contributed by atoms with Crippen LogP contribution in [0.5, 0.6) is 0 Å². The van der Waals surface area contributed by atoms with Crippen molar-refractivity contribution in [2.45, 2.75) is 19.4 Å². The molecule has 34 heavy (non-hydrogen) atoms. The average molecular weight is 443 g/mol. The molecule has 1 atom stereocenters. The Morgan fingerprint density at radius 2 is 1.44 bits per heavy atom. The van der Waals surface area contributed by atoms with Crippen LogP contribution >= 0.6 is 0 Å². The fourth-order valence-corrected chi connectivity index (χ4v) is 5.19. The number of hydrogen-bond acceptors (Lipinski definition) is 4. The Bertz CT molecular complexity index is 1510. The van der Waals surface area contributed by atoms with Gasteiger partial charge >= 0.3 is 0 Å². The lowest BCUT2D eigenvalue weighted by Crippen LogP contribution is -2.55. The second-order valence-corrected chi connectivity index (χ2v) is 8.91. The van der Waals surface area contributed by atoms with Gasteiger partial charge in [-0.25, -0.2) is 4.99 Å². The van der Waals surface area contributed by atoms with Crippen LogP contribution in [-0.4, -0.2) is 17.4 Å². The van der Waals surface area contributed by atoms with Gasteiger partial charge in [-0.15, -0.1) is 0 Å². The van der Waals surface area contributed by atoms with Gasteiger partial charge in [-0.1, -0.05) is 90.0 Å². The van der Waals surface area contributed by atoms with E-state index in [1.807, 2.05) is 104 Å². The highest BCUT2D eigenvalue weighted by atomic mass is 16.1. The Morgan fingerprint density at radius 3 is 2.18 bits per heavy atom. The van der Waals surface area contributed by atoms with Crippen LogP contribution in [-0.2, 0) is 5.54 Å². The van der Waals surface area contributed by atoms with Crippen LogP contribution in [0.25, 0.3) is 0 Å². The number of fused-ring (bicyclic) bond motifs is 5. The first-order valence-electron chi connectivity index (χ1n) is 11.3. The molecule has 6 rings (SSSR count). The number of amidine groups is 1. The first-order valence-corrected chi connectivity index (χ1v) is 11.3. The first-order chi connectivity index (χ1) is 16.5. The molecule has 4 aromatic rings. The summed E-state index contributed by atoms with van der Waals surface area (Å²) >= 11 is 0. The van der Waals surface area contributed by atoms with Crippen molar-refractivity contribution in [3.63, 3.8) is 0 Å². The maximum atomic E-state index is 14.5. The van der Waals surface area contributed by atoms with Crippen molar-refractivity contribution in [3.8, 4) is 0 Å². The molecule has 0 saturated heterocycles. The molecule has 4 heteroatoms. The molecule has 0 unspecified atom stereocenters. The van der Waals surface area contributed by atoms with Gasteiger partial charge in [0.25, 0.3) is 0 Å². The number of anilines is 1. The molecule has 4 nitrogen and oxygen atoms in total. The van der Waals surface area contributed by atoms with E-state index in [2.05, 4.69) is 0 Å². The number of ketones is 2. The Kier molecular flexibility index (Phi) is 4.39. The zero-order valence-corrected chi connectivity index (χ0v) is 18.9. The molecule has 0 aliphatic carbocycles. The quantitative estimate of drug-likeness (QED) is 0.356. The monoisotopic (exact) mass is 442 g/mol. The topological polar surface area (TPSA) is 49.7 Å². The van der Waals surface area contributed by atoms with E-state index in [-0.39, 0.29) is 17.4 Å². The van der Waals surface area contributed by atoms with Crippen LogP contribution < -0.4 is 4.90 Å². The highest BCUT2D eigenvalue weighted by Crippen LogP contribution is 2.54. The number of Topliss-reactive ketones (excluding diaryl/α,β-unsaturated/α-hetero) is 2. The summed E-state index contributed by atoms with van der Waals surface area (Å²) in [5, 5.41) is 0. The van der Waals surface area contributed by atoms with Gasteiger partial charge in [0, 0.05) is 16.7 Å². The number of carbonyl (C=O) groups excluding carboxylic acids is 2. The van der Waals surface area contributed by atoms with E-state index < -0.39 is 5.54 Å². The molecule has 0 radical (unpaired) electrons. The van der Waals surface area contributed by atoms with Crippen LogP contribution in [0.4, 0.5) is 11.4 Å². The Balaban J connectivity index is 1.74. The maximum absolute atomic E-state index is 14.5. The minimum atomic E-state index is -1.21. The predicted octanol–water partition coefficient (Wildman–Crippen LogP) is 6.18. The highest BCUT2D eigenvalue weighted by molar-refractivity contribution is 6.52. The molecular formula is C30H22N2O2.